The first-order valence-electron chi connectivity index (χ1n) is 10.8. The minimum atomic E-state index is 0.234. The molecule has 0 spiro atoms. The van der Waals surface area contributed by atoms with Crippen LogP contribution < -0.4 is 4.90 Å². The summed E-state index contributed by atoms with van der Waals surface area (Å²) in [5.74, 6) is 0.234. The van der Waals surface area contributed by atoms with Crippen LogP contribution in [0.25, 0.3) is 11.8 Å². The summed E-state index contributed by atoms with van der Waals surface area (Å²) in [6.07, 6.45) is 8.59. The van der Waals surface area contributed by atoms with Crippen molar-refractivity contribution in [3.05, 3.63) is 71.6 Å². The predicted molar refractivity (Wildman–Crippen MR) is 120 cm³/mol. The number of carbonyl (C=O) groups excluding carboxylic acids is 1. The first kappa shape index (κ1) is 19.6. The zero-order chi connectivity index (χ0) is 21.2. The third-order valence-electron chi connectivity index (χ3n) is 6.17. The lowest BCUT2D eigenvalue weighted by molar-refractivity contribution is -0.115. The molecule has 0 saturated carbocycles. The Labute approximate surface area is 182 Å². The third-order valence-corrected chi connectivity index (χ3v) is 6.17. The van der Waals surface area contributed by atoms with Crippen molar-refractivity contribution in [1.82, 2.24) is 24.6 Å². The Morgan fingerprint density at radius 2 is 1.68 bits per heavy atom. The molecular formula is C24H26N6O. The van der Waals surface area contributed by atoms with Gasteiger partial charge >= 0.3 is 0 Å². The number of hydrogen-bond acceptors (Lipinski definition) is 6. The van der Waals surface area contributed by atoms with Gasteiger partial charge in [-0.1, -0.05) is 13.0 Å². The molecule has 3 aromatic rings. The van der Waals surface area contributed by atoms with Gasteiger partial charge < -0.3 is 4.90 Å². The highest BCUT2D eigenvalue weighted by Gasteiger charge is 2.21. The summed E-state index contributed by atoms with van der Waals surface area (Å²) in [4.78, 5) is 21.7. The monoisotopic (exact) mass is 414 g/mol. The maximum absolute atomic E-state index is 12.2. The Kier molecular flexibility index (Phi) is 5.34. The number of aromatic nitrogens is 4. The molecule has 0 radical (unpaired) electrons. The molecule has 0 atom stereocenters. The molecule has 1 aliphatic heterocycles. The second-order valence-electron chi connectivity index (χ2n) is 8.16. The van der Waals surface area contributed by atoms with Crippen molar-refractivity contribution in [2.75, 3.05) is 31.1 Å². The summed E-state index contributed by atoms with van der Waals surface area (Å²) in [7, 11) is 0. The van der Waals surface area contributed by atoms with Crippen molar-refractivity contribution >= 4 is 17.5 Å². The molecule has 1 saturated heterocycles. The van der Waals surface area contributed by atoms with Crippen molar-refractivity contribution < 1.29 is 4.79 Å². The fourth-order valence-corrected chi connectivity index (χ4v) is 4.35. The fraction of sp³-hybridized carbons (Fsp3) is 0.333. The van der Waals surface area contributed by atoms with E-state index in [1.165, 1.54) is 11.3 Å². The van der Waals surface area contributed by atoms with Crippen molar-refractivity contribution in [3.63, 3.8) is 0 Å². The Bertz CT molecular complexity index is 1100. The molecule has 158 valence electrons. The summed E-state index contributed by atoms with van der Waals surface area (Å²) in [5.41, 5.74) is 6.40. The molecule has 7 nitrogen and oxygen atoms in total. The van der Waals surface area contributed by atoms with Crippen LogP contribution in [0.2, 0.25) is 0 Å². The molecule has 0 unspecified atom stereocenters. The number of carbonyl (C=O) groups is 1. The van der Waals surface area contributed by atoms with Gasteiger partial charge in [0.25, 0.3) is 0 Å². The molecule has 5 rings (SSSR count). The predicted octanol–water partition coefficient (Wildman–Crippen LogP) is 2.90. The Hall–Kier alpha value is -3.32. The van der Waals surface area contributed by atoms with E-state index < -0.39 is 0 Å². The summed E-state index contributed by atoms with van der Waals surface area (Å²) in [5, 5.41) is 7.72. The van der Waals surface area contributed by atoms with Gasteiger partial charge in [0.05, 0.1) is 5.69 Å². The van der Waals surface area contributed by atoms with Crippen LogP contribution >= 0.6 is 0 Å². The average molecular weight is 415 g/mol. The number of piperazine rings is 1. The second-order valence-corrected chi connectivity index (χ2v) is 8.16. The van der Waals surface area contributed by atoms with Crippen molar-refractivity contribution in [1.29, 1.82) is 0 Å². The van der Waals surface area contributed by atoms with Gasteiger partial charge in [-0.15, -0.1) is 10.2 Å². The zero-order valence-electron chi connectivity index (χ0n) is 17.7. The summed E-state index contributed by atoms with van der Waals surface area (Å²) in [6.45, 7) is 6.89. The van der Waals surface area contributed by atoms with Crippen LogP contribution in [0, 0.1) is 0 Å². The molecule has 7 heteroatoms. The number of Topliss-reactive ketones (excluding diaryl/α,β-unsaturated/α-hetero) is 1. The van der Waals surface area contributed by atoms with Gasteiger partial charge in [-0.2, -0.15) is 0 Å². The van der Waals surface area contributed by atoms with Crippen molar-refractivity contribution in [3.8, 4) is 5.69 Å². The number of fused-ring (bicyclic) bond motifs is 1. The van der Waals surface area contributed by atoms with E-state index in [0.29, 0.717) is 6.42 Å². The lowest BCUT2D eigenvalue weighted by Gasteiger charge is -2.36. The van der Waals surface area contributed by atoms with Gasteiger partial charge in [-0.3, -0.25) is 19.2 Å². The lowest BCUT2D eigenvalue weighted by atomic mass is 9.92. The minimum Gasteiger partial charge on any atom is -0.369 e. The van der Waals surface area contributed by atoms with Crippen LogP contribution in [0.4, 0.5) is 5.69 Å². The summed E-state index contributed by atoms with van der Waals surface area (Å²) in [6, 6.07) is 10.7. The summed E-state index contributed by atoms with van der Waals surface area (Å²) < 4.78 is 1.90. The number of allylic oxidation sites excluding steroid dienone is 1. The lowest BCUT2D eigenvalue weighted by Crippen LogP contribution is -2.46. The number of pyridine rings is 1. The fourth-order valence-electron chi connectivity index (χ4n) is 4.35. The second kappa shape index (κ2) is 8.43. The average Bonchev–Trinajstić information content (AvgIpc) is 3.34. The molecule has 1 aliphatic carbocycles. The van der Waals surface area contributed by atoms with E-state index in [-0.39, 0.29) is 5.78 Å². The number of anilines is 1. The van der Waals surface area contributed by atoms with Gasteiger partial charge in [0, 0.05) is 56.7 Å². The van der Waals surface area contributed by atoms with E-state index >= 15 is 0 Å². The molecule has 3 heterocycles. The minimum absolute atomic E-state index is 0.234. The van der Waals surface area contributed by atoms with Crippen LogP contribution in [-0.4, -0.2) is 56.6 Å². The van der Waals surface area contributed by atoms with Crippen molar-refractivity contribution in [2.45, 2.75) is 26.3 Å². The molecular weight excluding hydrogens is 388 g/mol. The zero-order valence-corrected chi connectivity index (χ0v) is 17.7. The summed E-state index contributed by atoms with van der Waals surface area (Å²) >= 11 is 0. The maximum atomic E-state index is 12.2. The van der Waals surface area contributed by atoms with E-state index in [4.69, 9.17) is 0 Å². The van der Waals surface area contributed by atoms with Crippen LogP contribution in [0.5, 0.6) is 0 Å². The molecule has 31 heavy (non-hydrogen) atoms. The van der Waals surface area contributed by atoms with Crippen LogP contribution in [0.1, 0.15) is 30.2 Å². The van der Waals surface area contributed by atoms with Gasteiger partial charge in [-0.05, 0) is 53.5 Å². The van der Waals surface area contributed by atoms with E-state index in [9.17, 15) is 4.79 Å². The first-order chi connectivity index (χ1) is 15.2. The van der Waals surface area contributed by atoms with Crippen LogP contribution in [0.15, 0.2) is 54.8 Å². The Balaban J connectivity index is 1.19. The van der Waals surface area contributed by atoms with E-state index in [1.54, 1.807) is 12.7 Å². The number of rotatable bonds is 5. The number of ketones is 1. The quantitative estimate of drug-likeness (QED) is 0.640. The van der Waals surface area contributed by atoms with Crippen LogP contribution in [0.3, 0.4) is 0 Å². The molecule has 2 aliphatic rings. The highest BCUT2D eigenvalue weighted by atomic mass is 16.1. The molecule has 2 aromatic heterocycles. The molecule has 1 fully saturated rings. The molecule has 0 N–H and O–H groups in total. The number of benzene rings is 1. The van der Waals surface area contributed by atoms with Gasteiger partial charge in [0.15, 0.2) is 5.78 Å². The topological polar surface area (TPSA) is 67.2 Å². The smallest absolute Gasteiger partial charge is 0.163 e. The van der Waals surface area contributed by atoms with E-state index in [0.717, 1.165) is 61.7 Å². The largest absolute Gasteiger partial charge is 0.369 e. The van der Waals surface area contributed by atoms with Gasteiger partial charge in [-0.25, -0.2) is 0 Å². The maximum Gasteiger partial charge on any atom is 0.163 e. The van der Waals surface area contributed by atoms with Crippen molar-refractivity contribution in [2.24, 2.45) is 0 Å². The number of nitrogens with zero attached hydrogens (tertiary/aromatic N) is 6. The molecule has 1 aromatic carbocycles. The van der Waals surface area contributed by atoms with Crippen LogP contribution in [-0.2, 0) is 17.8 Å². The highest BCUT2D eigenvalue weighted by molar-refractivity contribution is 6.03. The van der Waals surface area contributed by atoms with E-state index in [1.807, 2.05) is 23.8 Å². The Morgan fingerprint density at radius 1 is 0.968 bits per heavy atom. The van der Waals surface area contributed by atoms with Gasteiger partial charge in [0.1, 0.15) is 12.7 Å². The highest BCUT2D eigenvalue weighted by Crippen LogP contribution is 2.24. The molecule has 0 bridgehead atoms. The first-order valence-corrected chi connectivity index (χ1v) is 10.8. The van der Waals surface area contributed by atoms with E-state index in [2.05, 4.69) is 55.3 Å². The van der Waals surface area contributed by atoms with Gasteiger partial charge in [0.2, 0.25) is 0 Å². The Morgan fingerprint density at radius 3 is 2.39 bits per heavy atom. The normalized spacial score (nSPS) is 16.9. The molecule has 0 amide bonds. The number of hydrogen-bond donors (Lipinski definition) is 0. The SMILES string of the molecule is CCC1=Cc2ncc(CN3CCN(c4ccc(-n5cnnc5)cc4)CC3)cc2CC1=O. The standard InChI is InChI=1S/C24H26N6O/c1-2-19-12-23-20(13-24(19)31)11-18(14-25-23)15-28-7-9-29(10-8-28)21-3-5-22(6-4-21)30-16-26-27-17-30/h3-6,11-12,14,16-17H,2,7-10,13,15H2,1H3. The third kappa shape index (κ3) is 4.14.